The van der Waals surface area contributed by atoms with Crippen LogP contribution in [0.5, 0.6) is 0 Å². The maximum atomic E-state index is 13.5. The van der Waals surface area contributed by atoms with Crippen molar-refractivity contribution in [3.8, 4) is 0 Å². The van der Waals surface area contributed by atoms with Crippen LogP contribution in [0, 0.1) is 28.6 Å². The summed E-state index contributed by atoms with van der Waals surface area (Å²) in [5.41, 5.74) is 4.07. The van der Waals surface area contributed by atoms with Crippen LogP contribution in [0.3, 0.4) is 0 Å². The normalized spacial score (nSPS) is 31.8. The summed E-state index contributed by atoms with van der Waals surface area (Å²) >= 11 is 0. The van der Waals surface area contributed by atoms with Gasteiger partial charge in [0.1, 0.15) is 5.78 Å². The number of unbranched alkanes of at least 4 members (excludes halogenated alkanes) is 2. The van der Waals surface area contributed by atoms with Gasteiger partial charge < -0.3 is 23.4 Å². The Morgan fingerprint density at radius 2 is 1.58 bits per heavy atom. The number of aliphatic hydroxyl groups is 1. The van der Waals surface area contributed by atoms with Gasteiger partial charge in [0.25, 0.3) is 0 Å². The van der Waals surface area contributed by atoms with Gasteiger partial charge in [-0.05, 0) is 135 Å². The van der Waals surface area contributed by atoms with E-state index in [1.807, 2.05) is 0 Å². The number of ketones is 1. The molecule has 4 saturated carbocycles. The van der Waals surface area contributed by atoms with Crippen molar-refractivity contribution in [3.05, 3.63) is 35.5 Å². The second-order valence-corrected chi connectivity index (χ2v) is 32.2. The van der Waals surface area contributed by atoms with Crippen molar-refractivity contribution in [2.24, 2.45) is 28.6 Å². The molecule has 0 amide bonds. The largest absolute Gasteiger partial charge is 0.413 e. The highest BCUT2D eigenvalue weighted by atomic mass is 28.4. The second kappa shape index (κ2) is 17.8. The predicted octanol–water partition coefficient (Wildman–Crippen LogP) is 13.0. The molecule has 0 bridgehead atoms. The summed E-state index contributed by atoms with van der Waals surface area (Å²) in [5.74, 6) is 0.663. The SMILES string of the molecule is C=C1/C(=C\C=C2/CCC[C@]3(C)[C@@H]([C@H](C)C(O)CC(=O)CCC4(C5(CCCCC)OCCO5)CC4)CC[C@@H]23)C[C@@H](O[Si](C)(C)C(C)(C)C)C[C@@H]1O[Si](C)(C)C(C)(C)C. The highest BCUT2D eigenvalue weighted by Gasteiger charge is 2.62. The van der Waals surface area contributed by atoms with Gasteiger partial charge in [-0.1, -0.05) is 99.5 Å². The number of fused-ring (bicyclic) bond motifs is 1. The average Bonchev–Trinajstić information content (AvgIpc) is 3.60. The van der Waals surface area contributed by atoms with Crippen molar-refractivity contribution >= 4 is 22.4 Å². The Kier molecular flexibility index (Phi) is 14.8. The molecule has 0 radical (unpaired) electrons. The van der Waals surface area contributed by atoms with Crippen LogP contribution in [0.4, 0.5) is 0 Å². The molecule has 1 heterocycles. The molecular formula is C49H86O6Si2. The first kappa shape index (κ1) is 47.2. The van der Waals surface area contributed by atoms with E-state index in [-0.39, 0.29) is 51.2 Å². The van der Waals surface area contributed by atoms with Crippen molar-refractivity contribution < 1.29 is 28.2 Å². The first-order valence-corrected chi connectivity index (χ1v) is 29.1. The third-order valence-electron chi connectivity index (χ3n) is 16.9. The second-order valence-electron chi connectivity index (χ2n) is 22.7. The third-order valence-corrected chi connectivity index (χ3v) is 25.9. The maximum absolute atomic E-state index is 13.5. The fourth-order valence-corrected chi connectivity index (χ4v) is 13.5. The van der Waals surface area contributed by atoms with Gasteiger partial charge >= 0.3 is 0 Å². The van der Waals surface area contributed by atoms with Crippen molar-refractivity contribution in [1.82, 2.24) is 0 Å². The van der Waals surface area contributed by atoms with Crippen LogP contribution in [0.25, 0.3) is 0 Å². The molecule has 1 N–H and O–H groups in total. The van der Waals surface area contributed by atoms with Crippen molar-refractivity contribution in [2.75, 3.05) is 13.2 Å². The summed E-state index contributed by atoms with van der Waals surface area (Å²) in [6.45, 7) is 36.3. The summed E-state index contributed by atoms with van der Waals surface area (Å²) < 4.78 is 26.9. The van der Waals surface area contributed by atoms with E-state index in [2.05, 4.69) is 101 Å². The molecule has 0 aromatic carbocycles. The Bertz CT molecular complexity index is 1470. The average molecular weight is 827 g/mol. The molecule has 1 saturated heterocycles. The third kappa shape index (κ3) is 10.3. The number of ether oxygens (including phenoxy) is 2. The highest BCUT2D eigenvalue weighted by Crippen LogP contribution is 2.63. The fourth-order valence-electron chi connectivity index (χ4n) is 10.8. The lowest BCUT2D eigenvalue weighted by Crippen LogP contribution is -2.49. The molecule has 0 spiro atoms. The summed E-state index contributed by atoms with van der Waals surface area (Å²) in [7, 11) is -4.02. The Morgan fingerprint density at radius 1 is 0.947 bits per heavy atom. The van der Waals surface area contributed by atoms with Crippen LogP contribution in [-0.4, -0.2) is 64.8 Å². The Balaban J connectivity index is 1.26. The molecule has 57 heavy (non-hydrogen) atoms. The quantitative estimate of drug-likeness (QED) is 0.116. The van der Waals surface area contributed by atoms with Gasteiger partial charge in [-0.15, -0.1) is 0 Å². The zero-order valence-electron chi connectivity index (χ0n) is 39.0. The van der Waals surface area contributed by atoms with E-state index in [4.69, 9.17) is 24.9 Å². The van der Waals surface area contributed by atoms with E-state index >= 15 is 0 Å². The molecule has 7 atom stereocenters. The molecule has 6 nitrogen and oxygen atoms in total. The van der Waals surface area contributed by atoms with E-state index in [0.717, 1.165) is 69.8 Å². The summed E-state index contributed by atoms with van der Waals surface area (Å²) in [4.78, 5) is 13.5. The number of rotatable bonds is 17. The molecule has 326 valence electrons. The first-order valence-electron chi connectivity index (χ1n) is 23.3. The van der Waals surface area contributed by atoms with E-state index < -0.39 is 28.5 Å². The van der Waals surface area contributed by atoms with Crippen molar-refractivity contribution in [1.29, 1.82) is 0 Å². The lowest BCUT2D eigenvalue weighted by molar-refractivity contribution is -0.213. The van der Waals surface area contributed by atoms with Crippen LogP contribution < -0.4 is 0 Å². The van der Waals surface area contributed by atoms with Crippen LogP contribution >= 0.6 is 0 Å². The zero-order valence-corrected chi connectivity index (χ0v) is 41.0. The molecule has 4 aliphatic carbocycles. The smallest absolute Gasteiger partial charge is 0.192 e. The summed E-state index contributed by atoms with van der Waals surface area (Å²) in [6, 6.07) is 0. The van der Waals surface area contributed by atoms with E-state index in [1.54, 1.807) is 5.57 Å². The Morgan fingerprint density at radius 3 is 2.18 bits per heavy atom. The Hall–Kier alpha value is -0.876. The highest BCUT2D eigenvalue weighted by molar-refractivity contribution is 6.74. The van der Waals surface area contributed by atoms with Gasteiger partial charge in [-0.3, -0.25) is 4.79 Å². The minimum atomic E-state index is -2.03. The topological polar surface area (TPSA) is 74.2 Å². The number of hydrogen-bond donors (Lipinski definition) is 1. The van der Waals surface area contributed by atoms with Gasteiger partial charge in [0.05, 0.1) is 31.5 Å². The minimum absolute atomic E-state index is 0.0253. The lowest BCUT2D eigenvalue weighted by atomic mass is 9.60. The van der Waals surface area contributed by atoms with Gasteiger partial charge in [0.2, 0.25) is 0 Å². The van der Waals surface area contributed by atoms with Gasteiger partial charge in [0, 0.05) is 31.1 Å². The predicted molar refractivity (Wildman–Crippen MR) is 241 cm³/mol. The molecule has 0 aromatic heterocycles. The van der Waals surface area contributed by atoms with E-state index in [9.17, 15) is 9.90 Å². The zero-order chi connectivity index (χ0) is 42.2. The number of allylic oxidation sites excluding steroid dienone is 3. The molecule has 0 aromatic rings. The molecular weight excluding hydrogens is 741 g/mol. The first-order chi connectivity index (χ1) is 26.4. The van der Waals surface area contributed by atoms with Crippen molar-refractivity contribution in [2.45, 2.75) is 225 Å². The fraction of sp³-hybridized carbons (Fsp3) is 0.857. The number of hydrogen-bond acceptors (Lipinski definition) is 6. The molecule has 8 heteroatoms. The van der Waals surface area contributed by atoms with E-state index in [1.165, 1.54) is 31.3 Å². The Labute approximate surface area is 352 Å². The lowest BCUT2D eigenvalue weighted by Gasteiger charge is -2.46. The van der Waals surface area contributed by atoms with Crippen LogP contribution in [0.15, 0.2) is 35.5 Å². The molecule has 5 fully saturated rings. The number of carbonyl (C=O) groups is 1. The molecule has 1 aliphatic heterocycles. The van der Waals surface area contributed by atoms with Crippen LogP contribution in [0.1, 0.15) is 165 Å². The maximum Gasteiger partial charge on any atom is 0.192 e. The standard InChI is InChI=1S/C49H86O6Si2/c1-15-16-17-26-49(52-30-31-53-49)48(28-29-48)27-24-39(50)33-43(51)36(3)41-22-23-42-37(19-18-25-47(41,42)10)20-21-38-32-40(54-56(11,12)45(4,5)6)34-44(35(38)2)55-57(13,14)46(7,8)9/h20-21,36,40-44,51H,2,15-19,22-34H2,1,3-14H3/b37-20+,38-21-/t36-,40+,41+,42-,43?,44-,47+/m0/s1. The molecule has 1 unspecified atom stereocenters. The monoisotopic (exact) mass is 827 g/mol. The number of Topliss-reactive ketones (excluding diaryl/α,β-unsaturated/α-hetero) is 1. The van der Waals surface area contributed by atoms with Gasteiger partial charge in [0.15, 0.2) is 22.4 Å². The summed E-state index contributed by atoms with van der Waals surface area (Å²) in [5, 5.41) is 11.9. The minimum Gasteiger partial charge on any atom is -0.413 e. The number of aliphatic hydroxyl groups excluding tert-OH is 1. The molecule has 5 aliphatic rings. The van der Waals surface area contributed by atoms with Gasteiger partial charge in [-0.2, -0.15) is 0 Å². The van der Waals surface area contributed by atoms with Crippen LogP contribution in [0.2, 0.25) is 36.3 Å². The van der Waals surface area contributed by atoms with Crippen LogP contribution in [-0.2, 0) is 23.1 Å². The van der Waals surface area contributed by atoms with Crippen molar-refractivity contribution in [3.63, 3.8) is 0 Å². The summed E-state index contributed by atoms with van der Waals surface area (Å²) in [6.07, 6.45) is 19.9. The van der Waals surface area contributed by atoms with Gasteiger partial charge in [-0.25, -0.2) is 0 Å². The molecule has 5 rings (SSSR count). The number of carbonyl (C=O) groups excluding carboxylic acids is 1. The van der Waals surface area contributed by atoms with E-state index in [0.29, 0.717) is 31.5 Å².